The fourth-order valence-corrected chi connectivity index (χ4v) is 6.27. The number of hydrogen-bond acceptors (Lipinski definition) is 7. The van der Waals surface area contributed by atoms with Gasteiger partial charge in [-0.2, -0.15) is 11.8 Å². The van der Waals surface area contributed by atoms with E-state index in [1.807, 2.05) is 0 Å². The van der Waals surface area contributed by atoms with Gasteiger partial charge in [-0.25, -0.2) is 4.79 Å². The third kappa shape index (κ3) is 12.7. The van der Waals surface area contributed by atoms with Crippen LogP contribution in [0.1, 0.15) is 24.5 Å². The Morgan fingerprint density at radius 1 is 0.773 bits per heavy atom. The quantitative estimate of drug-likeness (QED) is 0.131. The summed E-state index contributed by atoms with van der Waals surface area (Å²) in [6, 6.07) is 10.3. The molecular formula is C29H34Br2N4O8S. The highest BCUT2D eigenvalue weighted by molar-refractivity contribution is 9.10. The number of nitrogens with one attached hydrogen (secondary N) is 4. The molecule has 1 unspecified atom stereocenters. The molecule has 0 aromatic heterocycles. The highest BCUT2D eigenvalue weighted by atomic mass is 79.9. The topological polar surface area (TPSA) is 191 Å². The molecule has 0 bridgehead atoms. The van der Waals surface area contributed by atoms with Gasteiger partial charge in [0, 0.05) is 30.0 Å². The van der Waals surface area contributed by atoms with Gasteiger partial charge in [-0.3, -0.25) is 24.0 Å². The molecule has 44 heavy (non-hydrogen) atoms. The maximum absolute atomic E-state index is 13.5. The summed E-state index contributed by atoms with van der Waals surface area (Å²) < 4.78 is 0.702. The summed E-state index contributed by atoms with van der Waals surface area (Å²) in [4.78, 5) is 74.8. The van der Waals surface area contributed by atoms with Gasteiger partial charge in [0.1, 0.15) is 24.2 Å². The number of carboxylic acids is 2. The van der Waals surface area contributed by atoms with Crippen molar-refractivity contribution in [2.24, 2.45) is 0 Å². The van der Waals surface area contributed by atoms with Crippen LogP contribution >= 0.6 is 43.6 Å². The van der Waals surface area contributed by atoms with Crippen LogP contribution < -0.4 is 21.3 Å². The molecule has 0 fully saturated rings. The average molecular weight is 758 g/mol. The van der Waals surface area contributed by atoms with Crippen molar-refractivity contribution in [3.05, 3.63) is 70.2 Å². The summed E-state index contributed by atoms with van der Waals surface area (Å²) in [6.45, 7) is 1.26. The van der Waals surface area contributed by atoms with Gasteiger partial charge >= 0.3 is 11.9 Å². The maximum atomic E-state index is 13.5. The SMILES string of the molecule is CSCC(Br)[C@H](NC(=O)[C@H](Cc1ccccc1)NC(C)=O)C(=O)N[C@@H](CC(=O)O)C(=O)N[C@@H](Cc1cccc(Br)c1)C(=O)O. The van der Waals surface area contributed by atoms with Gasteiger partial charge in [0.25, 0.3) is 0 Å². The van der Waals surface area contributed by atoms with Crippen LogP contribution in [0.5, 0.6) is 0 Å². The van der Waals surface area contributed by atoms with Crippen LogP contribution in [-0.4, -0.2) is 86.8 Å². The van der Waals surface area contributed by atoms with E-state index in [0.717, 1.165) is 5.56 Å². The van der Waals surface area contributed by atoms with Gasteiger partial charge in [-0.1, -0.05) is 74.3 Å². The largest absolute Gasteiger partial charge is 0.481 e. The van der Waals surface area contributed by atoms with Crippen molar-refractivity contribution in [2.45, 2.75) is 55.2 Å². The van der Waals surface area contributed by atoms with Gasteiger partial charge in [-0.15, -0.1) is 0 Å². The first kappa shape index (κ1) is 36.8. The molecule has 0 saturated carbocycles. The van der Waals surface area contributed by atoms with E-state index >= 15 is 0 Å². The molecule has 2 aromatic rings. The van der Waals surface area contributed by atoms with Crippen LogP contribution in [0.3, 0.4) is 0 Å². The molecule has 0 saturated heterocycles. The molecule has 0 aliphatic rings. The summed E-state index contributed by atoms with van der Waals surface area (Å²) in [5, 5.41) is 29.1. The number of carbonyl (C=O) groups excluding carboxylic acids is 4. The van der Waals surface area contributed by atoms with Crippen molar-refractivity contribution < 1.29 is 39.0 Å². The molecule has 0 radical (unpaired) electrons. The first-order valence-electron chi connectivity index (χ1n) is 13.3. The van der Waals surface area contributed by atoms with E-state index in [0.29, 0.717) is 15.8 Å². The predicted octanol–water partition coefficient (Wildman–Crippen LogP) is 1.88. The van der Waals surface area contributed by atoms with E-state index in [1.165, 1.54) is 18.7 Å². The van der Waals surface area contributed by atoms with E-state index in [9.17, 15) is 39.0 Å². The average Bonchev–Trinajstić information content (AvgIpc) is 2.94. The number of alkyl halides is 1. The first-order valence-corrected chi connectivity index (χ1v) is 16.4. The molecule has 0 aliphatic heterocycles. The van der Waals surface area contributed by atoms with Gasteiger partial charge in [0.05, 0.1) is 11.2 Å². The van der Waals surface area contributed by atoms with E-state index < -0.39 is 71.0 Å². The fourth-order valence-electron chi connectivity index (χ4n) is 4.15. The second kappa shape index (κ2) is 18.4. The molecule has 12 nitrogen and oxygen atoms in total. The lowest BCUT2D eigenvalue weighted by atomic mass is 10.0. The fraction of sp³-hybridized carbons (Fsp3) is 0.379. The summed E-state index contributed by atoms with van der Waals surface area (Å²) >= 11 is 8.07. The van der Waals surface area contributed by atoms with Crippen LogP contribution in [0.15, 0.2) is 59.1 Å². The van der Waals surface area contributed by atoms with Crippen LogP contribution in [0.25, 0.3) is 0 Å². The molecule has 0 aliphatic carbocycles. The van der Waals surface area contributed by atoms with Crippen molar-refractivity contribution in [1.82, 2.24) is 21.3 Å². The van der Waals surface area contributed by atoms with Crippen LogP contribution in [0.4, 0.5) is 0 Å². The highest BCUT2D eigenvalue weighted by Gasteiger charge is 2.35. The molecular weight excluding hydrogens is 724 g/mol. The number of halogens is 2. The lowest BCUT2D eigenvalue weighted by Gasteiger charge is -2.28. The minimum atomic E-state index is -1.66. The number of carbonyl (C=O) groups is 6. The molecule has 0 heterocycles. The smallest absolute Gasteiger partial charge is 0.326 e. The molecule has 15 heteroatoms. The zero-order chi connectivity index (χ0) is 32.8. The summed E-state index contributed by atoms with van der Waals surface area (Å²) in [5.41, 5.74) is 1.35. The standard InChI is InChI=1S/C29H34Br2N4O8S/c1-16(36)32-21(12-17-7-4-3-5-8-17)27(40)35-25(20(31)15-44-2)28(41)33-22(14-24(37)38)26(39)34-23(29(42)43)13-18-9-6-10-19(30)11-18/h3-11,20-23,25H,12-15H2,1-2H3,(H,32,36)(H,33,41)(H,34,39)(H,35,40)(H,37,38)(H,42,43)/t20?,21-,22-,23-,25-/m0/s1. The lowest BCUT2D eigenvalue weighted by molar-refractivity contribution is -0.143. The summed E-state index contributed by atoms with van der Waals surface area (Å²) in [5.74, 6) is -5.47. The second-order valence-electron chi connectivity index (χ2n) is 9.79. The van der Waals surface area contributed by atoms with Crippen molar-refractivity contribution >= 4 is 79.2 Å². The Morgan fingerprint density at radius 3 is 1.93 bits per heavy atom. The van der Waals surface area contributed by atoms with Gasteiger partial charge < -0.3 is 31.5 Å². The number of rotatable bonds is 17. The van der Waals surface area contributed by atoms with Gasteiger partial charge in [-0.05, 0) is 29.5 Å². The zero-order valence-corrected chi connectivity index (χ0v) is 27.9. The van der Waals surface area contributed by atoms with E-state index in [-0.39, 0.29) is 12.8 Å². The minimum Gasteiger partial charge on any atom is -0.481 e. The molecule has 2 aromatic carbocycles. The number of carboxylic acid groups (broad SMARTS) is 2. The normalized spacial score (nSPS) is 14.2. The maximum Gasteiger partial charge on any atom is 0.326 e. The Labute approximate surface area is 275 Å². The van der Waals surface area contributed by atoms with E-state index in [4.69, 9.17) is 0 Å². The summed E-state index contributed by atoms with van der Waals surface area (Å²) in [7, 11) is 0. The van der Waals surface area contributed by atoms with Crippen LogP contribution in [-0.2, 0) is 41.6 Å². The number of hydrogen-bond donors (Lipinski definition) is 6. The second-order valence-corrected chi connectivity index (χ2v) is 12.8. The molecule has 2 rings (SSSR count). The van der Waals surface area contributed by atoms with E-state index in [1.54, 1.807) is 60.9 Å². The summed E-state index contributed by atoms with van der Waals surface area (Å²) in [6.07, 6.45) is 0.961. The Balaban J connectivity index is 2.26. The first-order chi connectivity index (χ1) is 20.8. The minimum absolute atomic E-state index is 0.101. The third-order valence-electron chi connectivity index (χ3n) is 6.20. The number of amides is 4. The molecule has 4 amide bonds. The van der Waals surface area contributed by atoms with Crippen molar-refractivity contribution in [3.8, 4) is 0 Å². The molecule has 0 spiro atoms. The Bertz CT molecular complexity index is 1330. The predicted molar refractivity (Wildman–Crippen MR) is 172 cm³/mol. The van der Waals surface area contributed by atoms with Gasteiger partial charge in [0.2, 0.25) is 23.6 Å². The monoisotopic (exact) mass is 756 g/mol. The number of benzene rings is 2. The van der Waals surface area contributed by atoms with Crippen molar-refractivity contribution in [2.75, 3.05) is 12.0 Å². The van der Waals surface area contributed by atoms with Crippen molar-refractivity contribution in [1.29, 1.82) is 0 Å². The van der Waals surface area contributed by atoms with Crippen LogP contribution in [0, 0.1) is 0 Å². The lowest BCUT2D eigenvalue weighted by Crippen LogP contribution is -2.60. The van der Waals surface area contributed by atoms with Gasteiger partial charge in [0.15, 0.2) is 0 Å². The molecule has 238 valence electrons. The van der Waals surface area contributed by atoms with Crippen molar-refractivity contribution in [3.63, 3.8) is 0 Å². The van der Waals surface area contributed by atoms with Crippen LogP contribution in [0.2, 0.25) is 0 Å². The Kier molecular flexibility index (Phi) is 15.4. The third-order valence-corrected chi connectivity index (χ3v) is 8.67. The number of aliphatic carboxylic acids is 2. The molecule has 5 atom stereocenters. The Morgan fingerprint density at radius 2 is 1.36 bits per heavy atom. The number of thioether (sulfide) groups is 1. The van der Waals surface area contributed by atoms with E-state index in [2.05, 4.69) is 53.1 Å². The Hall–Kier alpha value is -3.43. The zero-order valence-electron chi connectivity index (χ0n) is 23.9. The highest BCUT2D eigenvalue weighted by Crippen LogP contribution is 2.15. The molecule has 6 N–H and O–H groups in total.